The van der Waals surface area contributed by atoms with Crippen LogP contribution in [-0.2, 0) is 21.2 Å². The highest BCUT2D eigenvalue weighted by molar-refractivity contribution is 7.90. The Kier molecular flexibility index (Phi) is 4.05. The fraction of sp³-hybridized carbons (Fsp3) is 0.0714. The van der Waals surface area contributed by atoms with Crippen molar-refractivity contribution in [3.63, 3.8) is 0 Å². The summed E-state index contributed by atoms with van der Waals surface area (Å²) in [5, 5.41) is 0. The van der Waals surface area contributed by atoms with Gasteiger partial charge in [0.25, 0.3) is 10.0 Å². The van der Waals surface area contributed by atoms with Crippen LogP contribution in [0.5, 0.6) is 0 Å². The van der Waals surface area contributed by atoms with Gasteiger partial charge in [-0.25, -0.2) is 13.1 Å². The highest BCUT2D eigenvalue weighted by Crippen LogP contribution is 2.09. The van der Waals surface area contributed by atoms with Gasteiger partial charge in [-0.1, -0.05) is 30.3 Å². The van der Waals surface area contributed by atoms with Crippen molar-refractivity contribution in [2.75, 3.05) is 5.73 Å². The van der Waals surface area contributed by atoms with Crippen LogP contribution in [0.1, 0.15) is 5.56 Å². The summed E-state index contributed by atoms with van der Waals surface area (Å²) in [6.45, 7) is 0. The molecule has 0 heterocycles. The molecule has 20 heavy (non-hydrogen) atoms. The average Bonchev–Trinajstić information content (AvgIpc) is 2.42. The van der Waals surface area contributed by atoms with E-state index in [9.17, 15) is 13.2 Å². The van der Waals surface area contributed by atoms with Crippen molar-refractivity contribution in [2.45, 2.75) is 11.3 Å². The molecule has 0 aliphatic heterocycles. The summed E-state index contributed by atoms with van der Waals surface area (Å²) in [5.74, 6) is -0.585. The van der Waals surface area contributed by atoms with E-state index in [-0.39, 0.29) is 11.3 Å². The van der Waals surface area contributed by atoms with Gasteiger partial charge in [0.15, 0.2) is 0 Å². The summed E-state index contributed by atoms with van der Waals surface area (Å²) < 4.78 is 25.9. The maximum atomic E-state index is 11.9. The van der Waals surface area contributed by atoms with Crippen LogP contribution in [0.3, 0.4) is 0 Å². The third-order valence-corrected chi connectivity index (χ3v) is 4.04. The Hall–Kier alpha value is -2.34. The molecule has 0 fully saturated rings. The highest BCUT2D eigenvalue weighted by atomic mass is 32.2. The molecule has 2 aromatic carbocycles. The Morgan fingerprint density at radius 3 is 2.20 bits per heavy atom. The first-order valence-corrected chi connectivity index (χ1v) is 7.41. The third-order valence-electron chi connectivity index (χ3n) is 2.65. The highest BCUT2D eigenvalue weighted by Gasteiger charge is 2.17. The summed E-state index contributed by atoms with van der Waals surface area (Å²) in [7, 11) is -3.81. The van der Waals surface area contributed by atoms with Gasteiger partial charge in [0.05, 0.1) is 11.3 Å². The van der Waals surface area contributed by atoms with E-state index >= 15 is 0 Å². The van der Waals surface area contributed by atoms with Gasteiger partial charge in [-0.2, -0.15) is 0 Å². The van der Waals surface area contributed by atoms with Crippen molar-refractivity contribution >= 4 is 21.6 Å². The zero-order chi connectivity index (χ0) is 14.6. The number of hydrogen-bond donors (Lipinski definition) is 2. The number of nitrogens with two attached hydrogens (primary N) is 1. The molecule has 0 aromatic heterocycles. The lowest BCUT2D eigenvalue weighted by Crippen LogP contribution is -2.31. The number of benzene rings is 2. The first-order chi connectivity index (χ1) is 9.47. The van der Waals surface area contributed by atoms with Crippen LogP contribution < -0.4 is 10.5 Å². The van der Waals surface area contributed by atoms with E-state index in [0.717, 1.165) is 0 Å². The Bertz CT molecular complexity index is 695. The van der Waals surface area contributed by atoms with Crippen LogP contribution in [0, 0.1) is 0 Å². The van der Waals surface area contributed by atoms with Crippen LogP contribution in [-0.4, -0.2) is 14.3 Å². The lowest BCUT2D eigenvalue weighted by molar-refractivity contribution is -0.118. The van der Waals surface area contributed by atoms with E-state index in [1.165, 1.54) is 12.1 Å². The van der Waals surface area contributed by atoms with Crippen molar-refractivity contribution in [1.29, 1.82) is 0 Å². The molecule has 0 radical (unpaired) electrons. The van der Waals surface area contributed by atoms with Gasteiger partial charge in [0.1, 0.15) is 0 Å². The number of anilines is 1. The summed E-state index contributed by atoms with van der Waals surface area (Å²) in [6.07, 6.45) is -0.0215. The molecule has 0 bridgehead atoms. The number of amides is 1. The van der Waals surface area contributed by atoms with Gasteiger partial charge < -0.3 is 5.73 Å². The number of nitrogens with one attached hydrogen (secondary N) is 1. The Balaban J connectivity index is 2.06. The maximum Gasteiger partial charge on any atom is 0.264 e. The third kappa shape index (κ3) is 3.58. The van der Waals surface area contributed by atoms with Gasteiger partial charge in [-0.15, -0.1) is 0 Å². The molecule has 3 N–H and O–H groups in total. The largest absolute Gasteiger partial charge is 0.399 e. The smallest absolute Gasteiger partial charge is 0.264 e. The number of nitrogen functional groups attached to an aromatic ring is 1. The first-order valence-electron chi connectivity index (χ1n) is 5.92. The second kappa shape index (κ2) is 5.75. The molecule has 0 atom stereocenters. The van der Waals surface area contributed by atoms with Crippen molar-refractivity contribution in [3.8, 4) is 0 Å². The van der Waals surface area contributed by atoms with Crippen LogP contribution in [0.4, 0.5) is 5.69 Å². The van der Waals surface area contributed by atoms with Crippen LogP contribution in [0.15, 0.2) is 59.5 Å². The molecule has 0 spiro atoms. The molecule has 5 nitrogen and oxygen atoms in total. The van der Waals surface area contributed by atoms with Gasteiger partial charge in [0.2, 0.25) is 5.91 Å². The standard InChI is InChI=1S/C14H14N2O3S/c15-12-8-6-11(7-9-12)10-14(17)16-20(18,19)13-4-2-1-3-5-13/h1-9H,10,15H2,(H,16,17). The summed E-state index contributed by atoms with van der Waals surface area (Å²) >= 11 is 0. The number of carbonyl (C=O) groups excluding carboxylic acids is 1. The fourth-order valence-electron chi connectivity index (χ4n) is 1.67. The maximum absolute atomic E-state index is 11.9. The van der Waals surface area contributed by atoms with E-state index in [1.807, 2.05) is 4.72 Å². The van der Waals surface area contributed by atoms with Crippen molar-refractivity contribution < 1.29 is 13.2 Å². The Labute approximate surface area is 117 Å². The number of sulfonamides is 1. The topological polar surface area (TPSA) is 89.3 Å². The molecular weight excluding hydrogens is 276 g/mol. The van der Waals surface area contributed by atoms with Gasteiger partial charge in [0, 0.05) is 5.69 Å². The molecule has 0 saturated carbocycles. The molecule has 2 rings (SSSR count). The van der Waals surface area contributed by atoms with Crippen LogP contribution in [0.25, 0.3) is 0 Å². The number of carbonyl (C=O) groups is 1. The SMILES string of the molecule is Nc1ccc(CC(=O)NS(=O)(=O)c2ccccc2)cc1. The van der Waals surface area contributed by atoms with E-state index in [1.54, 1.807) is 42.5 Å². The van der Waals surface area contributed by atoms with Crippen LogP contribution >= 0.6 is 0 Å². The number of rotatable bonds is 4. The second-order valence-electron chi connectivity index (χ2n) is 4.26. The predicted molar refractivity (Wildman–Crippen MR) is 76.3 cm³/mol. The zero-order valence-electron chi connectivity index (χ0n) is 10.6. The monoisotopic (exact) mass is 290 g/mol. The van der Waals surface area contributed by atoms with E-state index in [4.69, 9.17) is 5.73 Å². The van der Waals surface area contributed by atoms with Crippen molar-refractivity contribution in [2.24, 2.45) is 0 Å². The summed E-state index contributed by atoms with van der Waals surface area (Å²) in [5.41, 5.74) is 6.82. The molecule has 0 saturated heterocycles. The van der Waals surface area contributed by atoms with E-state index in [0.29, 0.717) is 11.3 Å². The lowest BCUT2D eigenvalue weighted by Gasteiger charge is -2.07. The molecule has 1 amide bonds. The summed E-state index contributed by atoms with van der Waals surface area (Å²) in [4.78, 5) is 11.8. The quantitative estimate of drug-likeness (QED) is 0.831. The van der Waals surface area contributed by atoms with Crippen molar-refractivity contribution in [1.82, 2.24) is 4.72 Å². The molecule has 104 valence electrons. The normalized spacial score (nSPS) is 11.0. The van der Waals surface area contributed by atoms with Gasteiger partial charge in [-0.05, 0) is 29.8 Å². The van der Waals surface area contributed by atoms with E-state index < -0.39 is 15.9 Å². The second-order valence-corrected chi connectivity index (χ2v) is 5.94. The Morgan fingerprint density at radius 2 is 1.60 bits per heavy atom. The molecular formula is C14H14N2O3S. The summed E-state index contributed by atoms with van der Waals surface area (Å²) in [6, 6.07) is 14.4. The predicted octanol–water partition coefficient (Wildman–Crippen LogP) is 1.32. The minimum atomic E-state index is -3.81. The van der Waals surface area contributed by atoms with E-state index in [2.05, 4.69) is 0 Å². The lowest BCUT2D eigenvalue weighted by atomic mass is 10.1. The average molecular weight is 290 g/mol. The molecule has 0 aliphatic rings. The van der Waals surface area contributed by atoms with Gasteiger partial charge in [-0.3, -0.25) is 4.79 Å². The molecule has 0 unspecified atom stereocenters. The van der Waals surface area contributed by atoms with Crippen molar-refractivity contribution in [3.05, 3.63) is 60.2 Å². The molecule has 0 aliphatic carbocycles. The Morgan fingerprint density at radius 1 is 1.00 bits per heavy atom. The van der Waals surface area contributed by atoms with Crippen LogP contribution in [0.2, 0.25) is 0 Å². The molecule has 6 heteroatoms. The van der Waals surface area contributed by atoms with Gasteiger partial charge >= 0.3 is 0 Å². The minimum absolute atomic E-state index is 0.0215. The zero-order valence-corrected chi connectivity index (χ0v) is 11.4. The fourth-order valence-corrected chi connectivity index (χ4v) is 2.67. The number of hydrogen-bond acceptors (Lipinski definition) is 4. The molecule has 2 aromatic rings. The minimum Gasteiger partial charge on any atom is -0.399 e. The first kappa shape index (κ1) is 14.1.